The van der Waals surface area contributed by atoms with Crippen molar-refractivity contribution in [1.29, 1.82) is 0 Å². The van der Waals surface area contributed by atoms with Crippen molar-refractivity contribution in [3.8, 4) is 44.5 Å². The quantitative estimate of drug-likeness (QED) is 0.166. The summed E-state index contributed by atoms with van der Waals surface area (Å²) in [6.45, 7) is 0. The summed E-state index contributed by atoms with van der Waals surface area (Å²) in [5.74, 6) is 0. The molecule has 9 aromatic rings. The van der Waals surface area contributed by atoms with E-state index in [-0.39, 0.29) is 0 Å². The van der Waals surface area contributed by atoms with Crippen molar-refractivity contribution in [1.82, 2.24) is 0 Å². The molecule has 0 N–H and O–H groups in total. The highest BCUT2D eigenvalue weighted by Crippen LogP contribution is 2.46. The van der Waals surface area contributed by atoms with Crippen LogP contribution in [0.1, 0.15) is 5.56 Å². The molecule has 0 nitrogen and oxygen atoms in total. The first-order valence-corrected chi connectivity index (χ1v) is 16.7. The molecule has 0 aromatic heterocycles. The Bertz CT molecular complexity index is 2590. The maximum Gasteiger partial charge on any atom is 0.416 e. The fraction of sp³-hybridized carbons (Fsp3) is 0.0213. The van der Waals surface area contributed by atoms with Gasteiger partial charge in [-0.1, -0.05) is 164 Å². The van der Waals surface area contributed by atoms with Crippen molar-refractivity contribution >= 4 is 43.1 Å². The Kier molecular flexibility index (Phi) is 7.03. The van der Waals surface area contributed by atoms with Gasteiger partial charge in [-0.2, -0.15) is 13.2 Å². The monoisotopic (exact) mass is 650 g/mol. The van der Waals surface area contributed by atoms with Crippen LogP contribution >= 0.6 is 0 Å². The van der Waals surface area contributed by atoms with Crippen LogP contribution < -0.4 is 0 Å². The molecule has 0 atom stereocenters. The van der Waals surface area contributed by atoms with Crippen LogP contribution in [0.25, 0.3) is 87.6 Å². The van der Waals surface area contributed by atoms with Crippen LogP contribution in [0, 0.1) is 0 Å². The van der Waals surface area contributed by atoms with Gasteiger partial charge in [-0.25, -0.2) is 0 Å². The number of alkyl halides is 3. The second kappa shape index (κ2) is 11.7. The van der Waals surface area contributed by atoms with Crippen LogP contribution in [0.5, 0.6) is 0 Å². The topological polar surface area (TPSA) is 0 Å². The molecule has 0 aliphatic rings. The third-order valence-electron chi connectivity index (χ3n) is 9.89. The number of hydrogen-bond acceptors (Lipinski definition) is 0. The lowest BCUT2D eigenvalue weighted by molar-refractivity contribution is -0.137. The van der Waals surface area contributed by atoms with Gasteiger partial charge in [-0.05, 0) is 99.7 Å². The van der Waals surface area contributed by atoms with E-state index in [0.29, 0.717) is 0 Å². The average molecular weight is 651 g/mol. The Labute approximate surface area is 287 Å². The van der Waals surface area contributed by atoms with E-state index in [9.17, 15) is 13.2 Å². The summed E-state index contributed by atoms with van der Waals surface area (Å²) in [4.78, 5) is 0. The van der Waals surface area contributed by atoms with Crippen molar-refractivity contribution < 1.29 is 13.2 Å². The Morgan fingerprint density at radius 3 is 0.720 bits per heavy atom. The summed E-state index contributed by atoms with van der Waals surface area (Å²) >= 11 is 0. The van der Waals surface area contributed by atoms with Crippen molar-refractivity contribution in [2.24, 2.45) is 0 Å². The Balaban J connectivity index is 1.25. The molecule has 0 unspecified atom stereocenters. The van der Waals surface area contributed by atoms with E-state index in [0.717, 1.165) is 49.4 Å². The SMILES string of the molecule is FC(F)(F)c1ccc(-c2c3ccccc3c(-c3ccc(-c4c5ccccc5c(-c5ccccc5)c5ccccc45)cc3)c3ccccc23)cc1. The van der Waals surface area contributed by atoms with E-state index in [1.807, 2.05) is 24.3 Å². The molecule has 0 heterocycles. The highest BCUT2D eigenvalue weighted by Gasteiger charge is 2.30. The van der Waals surface area contributed by atoms with Crippen molar-refractivity contribution in [3.63, 3.8) is 0 Å². The van der Waals surface area contributed by atoms with Gasteiger partial charge in [0.05, 0.1) is 5.56 Å². The molecular weight excluding hydrogens is 622 g/mol. The van der Waals surface area contributed by atoms with E-state index < -0.39 is 11.7 Å². The molecule has 9 rings (SSSR count). The van der Waals surface area contributed by atoms with Gasteiger partial charge in [0.15, 0.2) is 0 Å². The smallest absolute Gasteiger partial charge is 0.166 e. The maximum absolute atomic E-state index is 13.4. The van der Waals surface area contributed by atoms with Crippen molar-refractivity contribution in [2.75, 3.05) is 0 Å². The summed E-state index contributed by atoms with van der Waals surface area (Å²) in [6, 6.07) is 58.7. The zero-order valence-corrected chi connectivity index (χ0v) is 26.9. The van der Waals surface area contributed by atoms with Crippen LogP contribution in [0.2, 0.25) is 0 Å². The van der Waals surface area contributed by atoms with Gasteiger partial charge < -0.3 is 0 Å². The molecular formula is C47H29F3. The third-order valence-corrected chi connectivity index (χ3v) is 9.89. The first-order chi connectivity index (χ1) is 24.5. The largest absolute Gasteiger partial charge is 0.416 e. The summed E-state index contributed by atoms with van der Waals surface area (Å²) in [6.07, 6.45) is -4.39. The molecule has 0 radical (unpaired) electrons. The molecule has 9 aromatic carbocycles. The Morgan fingerprint density at radius 1 is 0.240 bits per heavy atom. The first kappa shape index (κ1) is 29.9. The van der Waals surface area contributed by atoms with E-state index in [1.165, 1.54) is 50.4 Å². The van der Waals surface area contributed by atoms with E-state index >= 15 is 0 Å². The maximum atomic E-state index is 13.4. The van der Waals surface area contributed by atoms with Crippen LogP contribution in [-0.2, 0) is 6.18 Å². The number of fused-ring (bicyclic) bond motifs is 4. The standard InChI is InChI=1S/C47H29F3/c48-47(49,50)34-28-26-33(27-29-34)46-41-20-10-8-18-39(41)45(40-19-9-11-21-42(40)46)32-24-22-31(23-25-32)44-37-16-6-4-14-35(37)43(30-12-2-1-3-13-30)36-15-5-7-17-38(36)44/h1-29H. The second-order valence-corrected chi connectivity index (χ2v) is 12.7. The van der Waals surface area contributed by atoms with Crippen LogP contribution in [0.3, 0.4) is 0 Å². The summed E-state index contributed by atoms with van der Waals surface area (Å²) in [7, 11) is 0. The van der Waals surface area contributed by atoms with Crippen molar-refractivity contribution in [2.45, 2.75) is 6.18 Å². The average Bonchev–Trinajstić information content (AvgIpc) is 3.16. The van der Waals surface area contributed by atoms with Crippen LogP contribution in [0.4, 0.5) is 13.2 Å². The predicted octanol–water partition coefficient (Wildman–Crippen LogP) is 14.0. The predicted molar refractivity (Wildman–Crippen MR) is 203 cm³/mol. The summed E-state index contributed by atoms with van der Waals surface area (Å²) in [5.41, 5.74) is 7.99. The minimum atomic E-state index is -4.39. The van der Waals surface area contributed by atoms with Gasteiger partial charge in [-0.3, -0.25) is 0 Å². The van der Waals surface area contributed by atoms with Crippen molar-refractivity contribution in [3.05, 3.63) is 181 Å². The molecule has 0 bridgehead atoms. The van der Waals surface area contributed by atoms with Crippen LogP contribution in [0.15, 0.2) is 176 Å². The molecule has 50 heavy (non-hydrogen) atoms. The van der Waals surface area contributed by atoms with E-state index in [1.54, 1.807) is 12.1 Å². The Morgan fingerprint density at radius 2 is 0.460 bits per heavy atom. The lowest BCUT2D eigenvalue weighted by Gasteiger charge is -2.19. The van der Waals surface area contributed by atoms with E-state index in [2.05, 4.69) is 127 Å². The van der Waals surface area contributed by atoms with Gasteiger partial charge in [-0.15, -0.1) is 0 Å². The van der Waals surface area contributed by atoms with E-state index in [4.69, 9.17) is 0 Å². The lowest BCUT2D eigenvalue weighted by Crippen LogP contribution is -2.04. The van der Waals surface area contributed by atoms with Crippen LogP contribution in [-0.4, -0.2) is 0 Å². The number of benzene rings is 9. The highest BCUT2D eigenvalue weighted by atomic mass is 19.4. The molecule has 0 amide bonds. The second-order valence-electron chi connectivity index (χ2n) is 12.7. The molecule has 0 aliphatic carbocycles. The van der Waals surface area contributed by atoms with Gasteiger partial charge >= 0.3 is 6.18 Å². The molecule has 0 fully saturated rings. The molecule has 0 spiro atoms. The third kappa shape index (κ3) is 4.85. The normalized spacial score (nSPS) is 11.9. The molecule has 3 heteroatoms. The molecule has 0 saturated carbocycles. The first-order valence-electron chi connectivity index (χ1n) is 16.7. The minimum Gasteiger partial charge on any atom is -0.166 e. The lowest BCUT2D eigenvalue weighted by atomic mass is 9.84. The number of rotatable bonds is 4. The van der Waals surface area contributed by atoms with Gasteiger partial charge in [0, 0.05) is 0 Å². The molecule has 0 saturated heterocycles. The zero-order chi connectivity index (χ0) is 33.8. The highest BCUT2D eigenvalue weighted by molar-refractivity contribution is 6.23. The van der Waals surface area contributed by atoms with Gasteiger partial charge in [0.25, 0.3) is 0 Å². The van der Waals surface area contributed by atoms with Gasteiger partial charge in [0.1, 0.15) is 0 Å². The summed E-state index contributed by atoms with van der Waals surface area (Å²) in [5, 5.41) is 8.94. The fourth-order valence-electron chi connectivity index (χ4n) is 7.74. The number of halogens is 3. The zero-order valence-electron chi connectivity index (χ0n) is 26.9. The van der Waals surface area contributed by atoms with Gasteiger partial charge in [0.2, 0.25) is 0 Å². The minimum absolute atomic E-state index is 0.651. The number of hydrogen-bond donors (Lipinski definition) is 0. The Hall–Kier alpha value is -6.19. The molecule has 0 aliphatic heterocycles. The summed E-state index contributed by atoms with van der Waals surface area (Å²) < 4.78 is 40.3. The fourth-order valence-corrected chi connectivity index (χ4v) is 7.74. The molecule has 238 valence electrons.